The van der Waals surface area contributed by atoms with Gasteiger partial charge in [0.15, 0.2) is 0 Å². The van der Waals surface area contributed by atoms with Crippen molar-refractivity contribution in [2.75, 3.05) is 0 Å². The van der Waals surface area contributed by atoms with Crippen LogP contribution in [-0.2, 0) is 4.79 Å². The second-order valence-corrected chi connectivity index (χ2v) is 8.50. The molecule has 2 aromatic rings. The highest BCUT2D eigenvalue weighted by Crippen LogP contribution is 2.56. The maximum absolute atomic E-state index is 13.4. The molecule has 0 aliphatic heterocycles. The van der Waals surface area contributed by atoms with Crippen LogP contribution in [0.5, 0.6) is 0 Å². The molecular weight excluding hydrogens is 353 g/mol. The van der Waals surface area contributed by atoms with Gasteiger partial charge in [0, 0.05) is 11.8 Å². The average Bonchev–Trinajstić information content (AvgIpc) is 2.99. The molecule has 1 N–H and O–H groups in total. The van der Waals surface area contributed by atoms with Gasteiger partial charge in [-0.25, -0.2) is 4.39 Å². The third-order valence-electron chi connectivity index (χ3n) is 6.76. The van der Waals surface area contributed by atoms with E-state index in [2.05, 4.69) is 11.1 Å². The number of carboxylic acid groups (broad SMARTS) is 1. The smallest absolute Gasteiger partial charge is 0.309 e. The molecule has 28 heavy (non-hydrogen) atoms. The van der Waals surface area contributed by atoms with Gasteiger partial charge in [0.05, 0.1) is 11.1 Å². The lowest BCUT2D eigenvalue weighted by atomic mass is 9.74. The van der Waals surface area contributed by atoms with Crippen molar-refractivity contribution < 1.29 is 14.3 Å². The van der Waals surface area contributed by atoms with E-state index in [1.165, 1.54) is 25.0 Å². The molecule has 0 unspecified atom stereocenters. The first-order valence-corrected chi connectivity index (χ1v) is 10.1. The summed E-state index contributed by atoms with van der Waals surface area (Å²) in [6.07, 6.45) is 11.2. The SMILES string of the molecule is C[C@]1(C(=O)O)C[C@H]2CCCC[C@H]2[C@@H]1/C=C/c1ccc(-c2cccc(F)c2)cn1. The number of carboxylic acids is 1. The van der Waals surface area contributed by atoms with Crippen LogP contribution in [0, 0.1) is 29.0 Å². The summed E-state index contributed by atoms with van der Waals surface area (Å²) in [4.78, 5) is 16.5. The fourth-order valence-electron chi connectivity index (χ4n) is 5.25. The zero-order valence-electron chi connectivity index (χ0n) is 16.1. The summed E-state index contributed by atoms with van der Waals surface area (Å²) < 4.78 is 13.4. The van der Waals surface area contributed by atoms with Crippen LogP contribution in [0.1, 0.15) is 44.7 Å². The Labute approximate surface area is 165 Å². The molecule has 1 heterocycles. The molecule has 0 radical (unpaired) electrons. The molecule has 2 aliphatic rings. The first-order valence-electron chi connectivity index (χ1n) is 10.1. The standard InChI is InChI=1S/C24H26FNO2/c1-24(23(27)28)14-17-5-2-3-8-21(17)22(24)12-11-20-10-9-18(15-26-20)16-6-4-7-19(25)13-16/h4,6-7,9-13,15,17,21-22H,2-3,5,8,14H2,1H3,(H,27,28)/b12-11+/t17-,21-,22+,24+/m1/s1. The highest BCUT2D eigenvalue weighted by atomic mass is 19.1. The first kappa shape index (κ1) is 18.9. The van der Waals surface area contributed by atoms with E-state index in [-0.39, 0.29) is 11.7 Å². The molecule has 0 spiro atoms. The van der Waals surface area contributed by atoms with Crippen LogP contribution in [0.25, 0.3) is 17.2 Å². The van der Waals surface area contributed by atoms with Gasteiger partial charge in [-0.1, -0.05) is 43.5 Å². The maximum atomic E-state index is 13.4. The Bertz CT molecular complexity index is 892. The number of nitrogens with zero attached hydrogens (tertiary/aromatic N) is 1. The normalized spacial score (nSPS) is 29.7. The quantitative estimate of drug-likeness (QED) is 0.728. The van der Waals surface area contributed by atoms with Crippen molar-refractivity contribution >= 4 is 12.0 Å². The Morgan fingerprint density at radius 2 is 2.04 bits per heavy atom. The summed E-state index contributed by atoms with van der Waals surface area (Å²) in [5, 5.41) is 9.89. The van der Waals surface area contributed by atoms with Crippen LogP contribution < -0.4 is 0 Å². The molecule has 4 atom stereocenters. The molecule has 0 amide bonds. The van der Waals surface area contributed by atoms with Crippen LogP contribution in [0.3, 0.4) is 0 Å². The van der Waals surface area contributed by atoms with Gasteiger partial charge in [0.2, 0.25) is 0 Å². The summed E-state index contributed by atoms with van der Waals surface area (Å²) in [5.74, 6) is 0.0640. The topological polar surface area (TPSA) is 50.2 Å². The molecule has 4 heteroatoms. The molecule has 1 aromatic carbocycles. The van der Waals surface area contributed by atoms with Crippen LogP contribution in [0.15, 0.2) is 48.7 Å². The molecule has 0 saturated heterocycles. The summed E-state index contributed by atoms with van der Waals surface area (Å²) in [6.45, 7) is 1.91. The molecular formula is C24H26FNO2. The van der Waals surface area contributed by atoms with E-state index < -0.39 is 11.4 Å². The Morgan fingerprint density at radius 3 is 2.75 bits per heavy atom. The Balaban J connectivity index is 1.56. The van der Waals surface area contributed by atoms with Crippen molar-refractivity contribution in [2.24, 2.45) is 23.2 Å². The van der Waals surface area contributed by atoms with Gasteiger partial charge in [-0.15, -0.1) is 0 Å². The van der Waals surface area contributed by atoms with Crippen LogP contribution >= 0.6 is 0 Å². The number of fused-ring (bicyclic) bond motifs is 1. The van der Waals surface area contributed by atoms with Crippen molar-refractivity contribution in [2.45, 2.75) is 39.0 Å². The Kier molecular flexibility index (Phi) is 5.05. The largest absolute Gasteiger partial charge is 0.481 e. The van der Waals surface area contributed by atoms with Gasteiger partial charge in [0.1, 0.15) is 5.82 Å². The minimum Gasteiger partial charge on any atom is -0.481 e. The van der Waals surface area contributed by atoms with E-state index >= 15 is 0 Å². The highest BCUT2D eigenvalue weighted by molar-refractivity contribution is 5.76. The summed E-state index contributed by atoms with van der Waals surface area (Å²) in [7, 11) is 0. The zero-order chi connectivity index (χ0) is 19.7. The van der Waals surface area contributed by atoms with E-state index in [0.29, 0.717) is 11.8 Å². The van der Waals surface area contributed by atoms with Gasteiger partial charge in [-0.3, -0.25) is 9.78 Å². The number of halogens is 1. The van der Waals surface area contributed by atoms with Gasteiger partial charge < -0.3 is 5.11 Å². The first-order chi connectivity index (χ1) is 13.5. The zero-order valence-corrected chi connectivity index (χ0v) is 16.1. The van der Waals surface area contributed by atoms with Gasteiger partial charge in [0.25, 0.3) is 0 Å². The van der Waals surface area contributed by atoms with Crippen molar-refractivity contribution in [3.8, 4) is 11.1 Å². The summed E-state index contributed by atoms with van der Waals surface area (Å²) in [6, 6.07) is 10.3. The molecule has 0 bridgehead atoms. The minimum atomic E-state index is -0.697. The van der Waals surface area contributed by atoms with E-state index in [1.807, 2.05) is 31.2 Å². The Morgan fingerprint density at radius 1 is 1.21 bits per heavy atom. The van der Waals surface area contributed by atoms with Gasteiger partial charge >= 0.3 is 5.97 Å². The minimum absolute atomic E-state index is 0.0417. The number of hydrogen-bond donors (Lipinski definition) is 1. The van der Waals surface area contributed by atoms with Crippen molar-refractivity contribution in [1.29, 1.82) is 0 Å². The van der Waals surface area contributed by atoms with Gasteiger partial charge in [-0.2, -0.15) is 0 Å². The number of allylic oxidation sites excluding steroid dienone is 1. The third kappa shape index (κ3) is 3.48. The second-order valence-electron chi connectivity index (χ2n) is 8.50. The number of aliphatic carboxylic acids is 1. The lowest BCUT2D eigenvalue weighted by molar-refractivity contribution is -0.149. The van der Waals surface area contributed by atoms with Crippen LogP contribution in [-0.4, -0.2) is 16.1 Å². The molecule has 2 aliphatic carbocycles. The third-order valence-corrected chi connectivity index (χ3v) is 6.76. The molecule has 2 saturated carbocycles. The highest BCUT2D eigenvalue weighted by Gasteiger charge is 2.54. The molecule has 3 nitrogen and oxygen atoms in total. The van der Waals surface area contributed by atoms with Crippen molar-refractivity contribution in [1.82, 2.24) is 4.98 Å². The second kappa shape index (κ2) is 7.50. The number of carbonyl (C=O) groups is 1. The lowest BCUT2D eigenvalue weighted by Crippen LogP contribution is -2.32. The lowest BCUT2D eigenvalue weighted by Gasteiger charge is -2.30. The number of rotatable bonds is 4. The maximum Gasteiger partial charge on any atom is 0.309 e. The number of aromatic nitrogens is 1. The van der Waals surface area contributed by atoms with E-state index in [0.717, 1.165) is 36.1 Å². The number of benzene rings is 1. The monoisotopic (exact) mass is 379 g/mol. The van der Waals surface area contributed by atoms with E-state index in [9.17, 15) is 14.3 Å². The molecule has 4 rings (SSSR count). The summed E-state index contributed by atoms with van der Waals surface area (Å²) >= 11 is 0. The predicted molar refractivity (Wildman–Crippen MR) is 108 cm³/mol. The Hall–Kier alpha value is -2.49. The van der Waals surface area contributed by atoms with Crippen molar-refractivity contribution in [3.05, 3.63) is 60.2 Å². The van der Waals surface area contributed by atoms with Crippen LogP contribution in [0.4, 0.5) is 4.39 Å². The number of hydrogen-bond acceptors (Lipinski definition) is 2. The average molecular weight is 379 g/mol. The predicted octanol–water partition coefficient (Wildman–Crippen LogP) is 5.82. The van der Waals surface area contributed by atoms with E-state index in [4.69, 9.17) is 0 Å². The molecule has 1 aromatic heterocycles. The van der Waals surface area contributed by atoms with Crippen molar-refractivity contribution in [3.63, 3.8) is 0 Å². The van der Waals surface area contributed by atoms with Gasteiger partial charge in [-0.05, 0) is 67.4 Å². The van der Waals surface area contributed by atoms with E-state index in [1.54, 1.807) is 12.3 Å². The molecule has 146 valence electrons. The van der Waals surface area contributed by atoms with Crippen LogP contribution in [0.2, 0.25) is 0 Å². The fourth-order valence-corrected chi connectivity index (χ4v) is 5.25. The fraction of sp³-hybridized carbons (Fsp3) is 0.417. The summed E-state index contributed by atoms with van der Waals surface area (Å²) in [5.41, 5.74) is 1.76. The molecule has 2 fully saturated rings. The number of pyridine rings is 1.